The zero-order chi connectivity index (χ0) is 22.0. The largest absolute Gasteiger partial charge is 0.465 e. The fraction of sp³-hybridized carbons (Fsp3) is 0.130. The van der Waals surface area contributed by atoms with Gasteiger partial charge in [0.2, 0.25) is 0 Å². The molecule has 4 aromatic rings. The first kappa shape index (κ1) is 20.6. The highest BCUT2D eigenvalue weighted by molar-refractivity contribution is 7.21. The van der Waals surface area contributed by atoms with Crippen LogP contribution in [-0.4, -0.2) is 32.2 Å². The van der Waals surface area contributed by atoms with Gasteiger partial charge < -0.3 is 9.64 Å². The van der Waals surface area contributed by atoms with E-state index in [9.17, 15) is 9.18 Å². The molecule has 0 aliphatic heterocycles. The summed E-state index contributed by atoms with van der Waals surface area (Å²) in [6.07, 6.45) is 0. The number of anilines is 1. The number of azo groups is 1. The Morgan fingerprint density at radius 2 is 1.81 bits per heavy atom. The number of hydrogen-bond acceptors (Lipinski definition) is 7. The number of hydrogen-bond donors (Lipinski definition) is 0. The summed E-state index contributed by atoms with van der Waals surface area (Å²) in [5.41, 5.74) is 3.65. The summed E-state index contributed by atoms with van der Waals surface area (Å²) < 4.78 is 20.2. The van der Waals surface area contributed by atoms with Gasteiger partial charge in [-0.25, -0.2) is 14.2 Å². The van der Waals surface area contributed by atoms with Crippen molar-refractivity contribution in [1.82, 2.24) is 4.98 Å². The fourth-order valence-electron chi connectivity index (χ4n) is 2.94. The van der Waals surface area contributed by atoms with E-state index < -0.39 is 11.8 Å². The maximum absolute atomic E-state index is 14.6. The molecule has 31 heavy (non-hydrogen) atoms. The van der Waals surface area contributed by atoms with Crippen LogP contribution in [0.1, 0.15) is 10.4 Å². The monoisotopic (exact) mass is 434 g/mol. The molecule has 156 valence electrons. The lowest BCUT2D eigenvalue weighted by molar-refractivity contribution is 0.0601. The number of fused-ring (bicyclic) bond motifs is 1. The molecule has 8 heteroatoms. The zero-order valence-electron chi connectivity index (χ0n) is 17.2. The third-order valence-corrected chi connectivity index (χ3v) is 5.71. The van der Waals surface area contributed by atoms with Crippen molar-refractivity contribution < 1.29 is 13.9 Å². The minimum Gasteiger partial charge on any atom is -0.465 e. The average Bonchev–Trinajstić information content (AvgIpc) is 3.21. The van der Waals surface area contributed by atoms with Gasteiger partial charge in [-0.15, -0.1) is 16.5 Å². The summed E-state index contributed by atoms with van der Waals surface area (Å²) in [5, 5.41) is 8.81. The van der Waals surface area contributed by atoms with Crippen molar-refractivity contribution in [3.05, 3.63) is 72.0 Å². The number of esters is 1. The van der Waals surface area contributed by atoms with Gasteiger partial charge in [-0.1, -0.05) is 0 Å². The summed E-state index contributed by atoms with van der Waals surface area (Å²) in [7, 11) is 5.25. The molecule has 3 aromatic carbocycles. The van der Waals surface area contributed by atoms with Crippen LogP contribution < -0.4 is 4.90 Å². The number of thiazole rings is 1. The predicted molar refractivity (Wildman–Crippen MR) is 121 cm³/mol. The Morgan fingerprint density at radius 3 is 2.48 bits per heavy atom. The first-order chi connectivity index (χ1) is 14.9. The molecule has 0 amide bonds. The van der Waals surface area contributed by atoms with Crippen LogP contribution in [0.5, 0.6) is 0 Å². The average molecular weight is 434 g/mol. The highest BCUT2D eigenvalue weighted by Gasteiger charge is 2.12. The van der Waals surface area contributed by atoms with Crippen molar-refractivity contribution in [2.24, 2.45) is 10.2 Å². The van der Waals surface area contributed by atoms with Gasteiger partial charge in [0.05, 0.1) is 28.6 Å². The molecule has 0 radical (unpaired) electrons. The molecule has 0 unspecified atom stereocenters. The minimum atomic E-state index is -0.485. The fourth-order valence-corrected chi connectivity index (χ4v) is 3.94. The van der Waals surface area contributed by atoms with E-state index in [1.165, 1.54) is 24.5 Å². The molecule has 1 heterocycles. The number of halogens is 1. The standard InChI is InChI=1S/C23H19FN4O2S/c1-28(2)17-8-6-16(7-9-17)26-27-19-10-4-14(12-18(19)24)22-25-20-11-5-15(23(29)30-3)13-21(20)31-22/h4-13H,1-3H3/b27-26+. The summed E-state index contributed by atoms with van der Waals surface area (Å²) in [5.74, 6) is -0.894. The van der Waals surface area contributed by atoms with E-state index in [0.29, 0.717) is 21.8 Å². The topological polar surface area (TPSA) is 67.1 Å². The molecule has 1 aromatic heterocycles. The van der Waals surface area contributed by atoms with Crippen LogP contribution in [0, 0.1) is 5.82 Å². The lowest BCUT2D eigenvalue weighted by Crippen LogP contribution is -2.07. The molecule has 0 saturated carbocycles. The molecule has 6 nitrogen and oxygen atoms in total. The molecule has 0 aliphatic carbocycles. The number of nitrogens with zero attached hydrogens (tertiary/aromatic N) is 4. The molecule has 0 N–H and O–H groups in total. The van der Waals surface area contributed by atoms with Gasteiger partial charge >= 0.3 is 5.97 Å². The number of carbonyl (C=O) groups is 1. The smallest absolute Gasteiger partial charge is 0.337 e. The number of carbonyl (C=O) groups excluding carboxylic acids is 1. The van der Waals surface area contributed by atoms with E-state index in [0.717, 1.165) is 15.9 Å². The van der Waals surface area contributed by atoms with Gasteiger partial charge in [0, 0.05) is 25.3 Å². The molecule has 0 aliphatic rings. The summed E-state index contributed by atoms with van der Waals surface area (Å²) in [4.78, 5) is 18.2. The Morgan fingerprint density at radius 1 is 1.03 bits per heavy atom. The summed E-state index contributed by atoms with van der Waals surface area (Å²) in [6.45, 7) is 0. The molecule has 0 spiro atoms. The molecule has 0 saturated heterocycles. The van der Waals surface area contributed by atoms with Gasteiger partial charge in [-0.2, -0.15) is 5.11 Å². The van der Waals surface area contributed by atoms with Crippen molar-refractivity contribution in [3.63, 3.8) is 0 Å². The third-order valence-electron chi connectivity index (χ3n) is 4.64. The predicted octanol–water partition coefficient (Wildman–Crippen LogP) is 6.37. The lowest BCUT2D eigenvalue weighted by Gasteiger charge is -2.11. The van der Waals surface area contributed by atoms with Gasteiger partial charge in [-0.05, 0) is 60.7 Å². The van der Waals surface area contributed by atoms with Crippen molar-refractivity contribution in [2.75, 3.05) is 26.1 Å². The highest BCUT2D eigenvalue weighted by atomic mass is 32.1. The molecule has 0 bridgehead atoms. The normalized spacial score (nSPS) is 11.2. The number of benzene rings is 3. The van der Waals surface area contributed by atoms with Crippen LogP contribution >= 0.6 is 11.3 Å². The van der Waals surface area contributed by atoms with Crippen molar-refractivity contribution in [3.8, 4) is 10.6 Å². The number of ether oxygens (including phenoxy) is 1. The Kier molecular flexibility index (Phi) is 5.73. The zero-order valence-corrected chi connectivity index (χ0v) is 18.0. The van der Waals surface area contributed by atoms with Gasteiger partial charge in [-0.3, -0.25) is 0 Å². The van der Waals surface area contributed by atoms with Gasteiger partial charge in [0.1, 0.15) is 10.7 Å². The van der Waals surface area contributed by atoms with E-state index in [-0.39, 0.29) is 5.69 Å². The second-order valence-corrected chi connectivity index (χ2v) is 8.00. The van der Waals surface area contributed by atoms with E-state index in [1.54, 1.807) is 30.3 Å². The second kappa shape index (κ2) is 8.61. The first-order valence-electron chi connectivity index (χ1n) is 9.42. The van der Waals surface area contributed by atoms with Crippen molar-refractivity contribution >= 4 is 44.6 Å². The van der Waals surface area contributed by atoms with E-state index in [4.69, 9.17) is 4.74 Å². The molecular weight excluding hydrogens is 415 g/mol. The lowest BCUT2D eigenvalue weighted by atomic mass is 10.2. The Bertz CT molecular complexity index is 1280. The summed E-state index contributed by atoms with van der Waals surface area (Å²) >= 11 is 1.38. The van der Waals surface area contributed by atoms with Crippen LogP contribution in [0.4, 0.5) is 21.5 Å². The van der Waals surface area contributed by atoms with Crippen molar-refractivity contribution in [2.45, 2.75) is 0 Å². The van der Waals surface area contributed by atoms with Gasteiger partial charge in [0.25, 0.3) is 0 Å². The SMILES string of the molecule is COC(=O)c1ccc2nc(-c3ccc(/N=N/c4ccc(N(C)C)cc4)c(F)c3)sc2c1. The molecule has 4 rings (SSSR count). The number of rotatable bonds is 5. The number of methoxy groups -OCH3 is 1. The molecular formula is C23H19FN4O2S. The van der Waals surface area contributed by atoms with Crippen LogP contribution in [-0.2, 0) is 4.74 Å². The van der Waals surface area contributed by atoms with Crippen molar-refractivity contribution in [1.29, 1.82) is 0 Å². The second-order valence-electron chi connectivity index (χ2n) is 6.97. The van der Waals surface area contributed by atoms with Crippen LogP contribution in [0.2, 0.25) is 0 Å². The van der Waals surface area contributed by atoms with E-state index in [1.807, 2.05) is 43.3 Å². The Balaban J connectivity index is 1.57. The maximum Gasteiger partial charge on any atom is 0.337 e. The summed E-state index contributed by atoms with van der Waals surface area (Å²) in [6, 6.07) is 17.4. The van der Waals surface area contributed by atoms with Crippen LogP contribution in [0.25, 0.3) is 20.8 Å². The van der Waals surface area contributed by atoms with Crippen LogP contribution in [0.15, 0.2) is 70.9 Å². The van der Waals surface area contributed by atoms with E-state index >= 15 is 0 Å². The highest BCUT2D eigenvalue weighted by Crippen LogP contribution is 2.33. The Hall–Kier alpha value is -3.65. The number of aromatic nitrogens is 1. The molecule has 0 atom stereocenters. The minimum absolute atomic E-state index is 0.148. The first-order valence-corrected chi connectivity index (χ1v) is 10.2. The third kappa shape index (κ3) is 4.44. The molecule has 0 fully saturated rings. The van der Waals surface area contributed by atoms with Gasteiger partial charge in [0.15, 0.2) is 5.82 Å². The Labute approximate surface area is 182 Å². The van der Waals surface area contributed by atoms with Crippen LogP contribution in [0.3, 0.4) is 0 Å². The maximum atomic E-state index is 14.6. The quantitative estimate of drug-likeness (QED) is 0.270. The van der Waals surface area contributed by atoms with E-state index in [2.05, 4.69) is 15.2 Å².